The first-order valence-electron chi connectivity index (χ1n) is 5.12. The van der Waals surface area contributed by atoms with Gasteiger partial charge in [0, 0.05) is 24.8 Å². The van der Waals surface area contributed by atoms with Crippen LogP contribution in [-0.2, 0) is 0 Å². The van der Waals surface area contributed by atoms with E-state index in [2.05, 4.69) is 5.32 Å². The Labute approximate surface area is 89.1 Å². The van der Waals surface area contributed by atoms with Gasteiger partial charge >= 0.3 is 6.03 Å². The van der Waals surface area contributed by atoms with Gasteiger partial charge in [0.25, 0.3) is 0 Å². The van der Waals surface area contributed by atoms with Crippen molar-refractivity contribution in [2.24, 2.45) is 5.73 Å². The van der Waals surface area contributed by atoms with Gasteiger partial charge in [0.1, 0.15) is 0 Å². The minimum Gasteiger partial charge on any atom is -0.326 e. The van der Waals surface area contributed by atoms with Crippen molar-refractivity contribution in [2.75, 3.05) is 18.4 Å². The van der Waals surface area contributed by atoms with Gasteiger partial charge in [-0.15, -0.1) is 0 Å². The van der Waals surface area contributed by atoms with Crippen LogP contribution in [0.2, 0.25) is 0 Å². The summed E-state index contributed by atoms with van der Waals surface area (Å²) in [5.74, 6) is 0. The molecule has 15 heavy (non-hydrogen) atoms. The fourth-order valence-corrected chi connectivity index (χ4v) is 1.70. The molecule has 1 saturated heterocycles. The van der Waals surface area contributed by atoms with Gasteiger partial charge < -0.3 is 16.0 Å². The van der Waals surface area contributed by atoms with E-state index in [0.717, 1.165) is 18.7 Å². The van der Waals surface area contributed by atoms with E-state index >= 15 is 0 Å². The molecule has 1 aliphatic rings. The summed E-state index contributed by atoms with van der Waals surface area (Å²) in [5.41, 5.74) is 6.56. The second-order valence-electron chi connectivity index (χ2n) is 3.79. The lowest BCUT2D eigenvalue weighted by molar-refractivity contribution is 0.222. The predicted octanol–water partition coefficient (Wildman–Crippen LogP) is 1.25. The van der Waals surface area contributed by atoms with Gasteiger partial charge in [-0.1, -0.05) is 18.2 Å². The number of carbonyl (C=O) groups is 1. The van der Waals surface area contributed by atoms with Crippen molar-refractivity contribution in [3.8, 4) is 0 Å². The average molecular weight is 205 g/mol. The van der Waals surface area contributed by atoms with E-state index in [1.54, 1.807) is 4.90 Å². The van der Waals surface area contributed by atoms with Crippen LogP contribution in [0.5, 0.6) is 0 Å². The van der Waals surface area contributed by atoms with Crippen LogP contribution in [0.4, 0.5) is 10.5 Å². The molecule has 0 bridgehead atoms. The molecule has 4 heteroatoms. The molecule has 1 aromatic carbocycles. The molecular formula is C11H15N3O. The van der Waals surface area contributed by atoms with Gasteiger partial charge in [-0.3, -0.25) is 0 Å². The molecule has 1 aliphatic heterocycles. The molecule has 0 saturated carbocycles. The van der Waals surface area contributed by atoms with Crippen LogP contribution in [0.1, 0.15) is 6.42 Å². The highest BCUT2D eigenvalue weighted by atomic mass is 16.2. The Bertz CT molecular complexity index is 339. The van der Waals surface area contributed by atoms with Crippen molar-refractivity contribution >= 4 is 11.7 Å². The molecule has 0 spiro atoms. The van der Waals surface area contributed by atoms with Crippen LogP contribution in [0.25, 0.3) is 0 Å². The van der Waals surface area contributed by atoms with Gasteiger partial charge in [-0.25, -0.2) is 4.79 Å². The first-order chi connectivity index (χ1) is 7.25. The van der Waals surface area contributed by atoms with Crippen LogP contribution in [0, 0.1) is 0 Å². The van der Waals surface area contributed by atoms with Crippen molar-refractivity contribution in [1.29, 1.82) is 0 Å². The molecule has 1 fully saturated rings. The number of rotatable bonds is 1. The van der Waals surface area contributed by atoms with Gasteiger partial charge in [-0.2, -0.15) is 0 Å². The molecule has 80 valence electrons. The maximum Gasteiger partial charge on any atom is 0.321 e. The predicted molar refractivity (Wildman–Crippen MR) is 59.6 cm³/mol. The monoisotopic (exact) mass is 205 g/mol. The lowest BCUT2D eigenvalue weighted by atomic mass is 10.3. The number of likely N-dealkylation sites (tertiary alicyclic amines) is 1. The van der Waals surface area contributed by atoms with E-state index in [0.29, 0.717) is 6.54 Å². The van der Waals surface area contributed by atoms with Crippen molar-refractivity contribution in [1.82, 2.24) is 4.90 Å². The lowest BCUT2D eigenvalue weighted by Crippen LogP contribution is -2.35. The minimum absolute atomic E-state index is 0.0610. The summed E-state index contributed by atoms with van der Waals surface area (Å²) in [5, 5.41) is 2.84. The summed E-state index contributed by atoms with van der Waals surface area (Å²) in [4.78, 5) is 13.5. The third-order valence-corrected chi connectivity index (χ3v) is 2.54. The zero-order valence-electron chi connectivity index (χ0n) is 8.52. The summed E-state index contributed by atoms with van der Waals surface area (Å²) in [6.45, 7) is 1.40. The van der Waals surface area contributed by atoms with Crippen molar-refractivity contribution in [2.45, 2.75) is 12.5 Å². The largest absolute Gasteiger partial charge is 0.326 e. The summed E-state index contributed by atoms with van der Waals surface area (Å²) in [7, 11) is 0. The number of hydrogen-bond acceptors (Lipinski definition) is 2. The Balaban J connectivity index is 1.93. The SMILES string of the molecule is N[C@@H]1CCN(C(=O)Nc2ccccc2)C1. The Morgan fingerprint density at radius 2 is 2.13 bits per heavy atom. The number of nitrogens with zero attached hydrogens (tertiary/aromatic N) is 1. The second-order valence-corrected chi connectivity index (χ2v) is 3.79. The molecule has 2 amide bonds. The highest BCUT2D eigenvalue weighted by molar-refractivity contribution is 5.89. The van der Waals surface area contributed by atoms with Gasteiger partial charge in [0.15, 0.2) is 0 Å². The molecule has 1 atom stereocenters. The number of para-hydroxylation sites is 1. The van der Waals surface area contributed by atoms with Crippen molar-refractivity contribution in [3.05, 3.63) is 30.3 Å². The van der Waals surface area contributed by atoms with E-state index < -0.39 is 0 Å². The maximum atomic E-state index is 11.7. The lowest BCUT2D eigenvalue weighted by Gasteiger charge is -2.16. The first-order valence-corrected chi connectivity index (χ1v) is 5.12. The molecule has 4 nitrogen and oxygen atoms in total. The average Bonchev–Trinajstić information content (AvgIpc) is 2.66. The Morgan fingerprint density at radius 1 is 1.40 bits per heavy atom. The van der Waals surface area contributed by atoms with Crippen LogP contribution in [0.15, 0.2) is 30.3 Å². The van der Waals surface area contributed by atoms with Crippen LogP contribution in [-0.4, -0.2) is 30.1 Å². The number of hydrogen-bond donors (Lipinski definition) is 2. The van der Waals surface area contributed by atoms with Gasteiger partial charge in [0.2, 0.25) is 0 Å². The minimum atomic E-state index is -0.0610. The summed E-state index contributed by atoms with van der Waals surface area (Å²) in [6, 6.07) is 9.51. The number of amides is 2. The number of nitrogens with two attached hydrogens (primary N) is 1. The van der Waals surface area contributed by atoms with Crippen molar-refractivity contribution in [3.63, 3.8) is 0 Å². The fourth-order valence-electron chi connectivity index (χ4n) is 1.70. The van der Waals surface area contributed by atoms with Gasteiger partial charge in [-0.05, 0) is 18.6 Å². The van der Waals surface area contributed by atoms with E-state index in [1.165, 1.54) is 0 Å². The van der Waals surface area contributed by atoms with E-state index in [1.807, 2.05) is 30.3 Å². The van der Waals surface area contributed by atoms with Gasteiger partial charge in [0.05, 0.1) is 0 Å². The number of carbonyl (C=O) groups excluding carboxylic acids is 1. The number of anilines is 1. The van der Waals surface area contributed by atoms with Crippen molar-refractivity contribution < 1.29 is 4.79 Å². The molecule has 0 aromatic heterocycles. The maximum absolute atomic E-state index is 11.7. The number of benzene rings is 1. The molecular weight excluding hydrogens is 190 g/mol. The molecule has 0 aliphatic carbocycles. The number of nitrogens with one attached hydrogen (secondary N) is 1. The van der Waals surface area contributed by atoms with Crippen LogP contribution in [0.3, 0.4) is 0 Å². The third-order valence-electron chi connectivity index (χ3n) is 2.54. The standard InChI is InChI=1S/C11H15N3O/c12-9-6-7-14(8-9)11(15)13-10-4-2-1-3-5-10/h1-5,9H,6-8,12H2,(H,13,15)/t9-/m1/s1. The Hall–Kier alpha value is -1.55. The van der Waals surface area contributed by atoms with Crippen LogP contribution >= 0.6 is 0 Å². The highest BCUT2D eigenvalue weighted by Gasteiger charge is 2.23. The summed E-state index contributed by atoms with van der Waals surface area (Å²) in [6.07, 6.45) is 0.891. The number of urea groups is 1. The van der Waals surface area contributed by atoms with E-state index in [-0.39, 0.29) is 12.1 Å². The molecule has 3 N–H and O–H groups in total. The molecule has 2 rings (SSSR count). The quantitative estimate of drug-likeness (QED) is 0.725. The highest BCUT2D eigenvalue weighted by Crippen LogP contribution is 2.11. The summed E-state index contributed by atoms with van der Waals surface area (Å²) < 4.78 is 0. The molecule has 1 aromatic rings. The molecule has 0 unspecified atom stereocenters. The smallest absolute Gasteiger partial charge is 0.321 e. The Kier molecular flexibility index (Phi) is 2.87. The zero-order valence-corrected chi connectivity index (χ0v) is 8.52. The second kappa shape index (κ2) is 4.31. The summed E-state index contributed by atoms with van der Waals surface area (Å²) >= 11 is 0. The third kappa shape index (κ3) is 2.47. The molecule has 1 heterocycles. The van der Waals surface area contributed by atoms with Crippen LogP contribution < -0.4 is 11.1 Å². The van der Waals surface area contributed by atoms with E-state index in [4.69, 9.17) is 5.73 Å². The zero-order chi connectivity index (χ0) is 10.7. The normalized spacial score (nSPS) is 20.3. The Morgan fingerprint density at radius 3 is 2.73 bits per heavy atom. The van der Waals surface area contributed by atoms with E-state index in [9.17, 15) is 4.79 Å². The fraction of sp³-hybridized carbons (Fsp3) is 0.364. The molecule has 0 radical (unpaired) electrons. The first kappa shape index (κ1) is 9.98. The topological polar surface area (TPSA) is 58.4 Å².